The van der Waals surface area contributed by atoms with Crippen LogP contribution in [0.25, 0.3) is 0 Å². The lowest BCUT2D eigenvalue weighted by molar-refractivity contribution is 0.0806. The molecule has 0 unspecified atom stereocenters. The molecule has 0 N–H and O–H groups in total. The van der Waals surface area contributed by atoms with Crippen molar-refractivity contribution in [1.82, 2.24) is 0 Å². The number of rotatable bonds is 12. The molecule has 0 aromatic heterocycles. The van der Waals surface area contributed by atoms with E-state index in [4.69, 9.17) is 9.47 Å². The summed E-state index contributed by atoms with van der Waals surface area (Å²) in [4.78, 5) is 0. The molecule has 1 saturated heterocycles. The van der Waals surface area contributed by atoms with Crippen molar-refractivity contribution >= 4 is 23.5 Å². The van der Waals surface area contributed by atoms with Crippen molar-refractivity contribution in [2.45, 2.75) is 81.5 Å². The van der Waals surface area contributed by atoms with Crippen LogP contribution in [0.5, 0.6) is 0 Å². The highest BCUT2D eigenvalue weighted by Gasteiger charge is 2.19. The fraction of sp³-hybridized carbons (Fsp3) is 1.00. The van der Waals surface area contributed by atoms with Gasteiger partial charge in [0.1, 0.15) is 0 Å². The van der Waals surface area contributed by atoms with E-state index in [1.807, 2.05) is 14.2 Å². The van der Waals surface area contributed by atoms with Gasteiger partial charge in [0.05, 0.1) is 16.8 Å². The van der Waals surface area contributed by atoms with E-state index < -0.39 is 0 Å². The average molecular weight is 335 g/mol. The summed E-state index contributed by atoms with van der Waals surface area (Å²) in [5.74, 6) is 2.67. The Kier molecular flexibility index (Phi) is 12.3. The average Bonchev–Trinajstić information content (AvgIpc) is 2.53. The predicted octanol–water partition coefficient (Wildman–Crippen LogP) is 5.35. The molecule has 0 aliphatic carbocycles. The molecular formula is C17H34O2S2. The zero-order valence-corrected chi connectivity index (χ0v) is 15.8. The van der Waals surface area contributed by atoms with Crippen molar-refractivity contribution in [1.29, 1.82) is 0 Å². The van der Waals surface area contributed by atoms with Crippen molar-refractivity contribution in [3.63, 3.8) is 0 Å². The van der Waals surface area contributed by atoms with Gasteiger partial charge in [0, 0.05) is 14.2 Å². The third-order valence-electron chi connectivity index (χ3n) is 4.18. The van der Waals surface area contributed by atoms with Gasteiger partial charge in [-0.25, -0.2) is 0 Å². The molecule has 0 radical (unpaired) electrons. The highest BCUT2D eigenvalue weighted by atomic mass is 32.2. The minimum absolute atomic E-state index is 0.460. The van der Waals surface area contributed by atoms with Crippen molar-refractivity contribution < 1.29 is 9.47 Å². The first-order chi connectivity index (χ1) is 10.3. The zero-order chi connectivity index (χ0) is 15.3. The Bertz CT molecular complexity index is 233. The molecule has 0 bridgehead atoms. The van der Waals surface area contributed by atoms with Gasteiger partial charge in [-0.3, -0.25) is 0 Å². The van der Waals surface area contributed by atoms with Gasteiger partial charge in [0.2, 0.25) is 0 Å². The fourth-order valence-electron chi connectivity index (χ4n) is 2.84. The molecule has 1 rings (SSSR count). The van der Waals surface area contributed by atoms with Crippen molar-refractivity contribution in [3.8, 4) is 0 Å². The van der Waals surface area contributed by atoms with Crippen LogP contribution in [0.4, 0.5) is 0 Å². The van der Waals surface area contributed by atoms with Gasteiger partial charge >= 0.3 is 0 Å². The fourth-order valence-corrected chi connectivity index (χ4v) is 5.84. The lowest BCUT2D eigenvalue weighted by Crippen LogP contribution is -2.18. The molecule has 0 aromatic rings. The summed E-state index contributed by atoms with van der Waals surface area (Å²) in [5.41, 5.74) is 0. The standard InChI is InChI=1S/C17H34O2S2/c1-4-9-15(18-2)10-6-5-7-11-16(19-3)14-17-20-12-8-13-21-17/h15-17H,4-14H2,1-3H3/t15-,16-/m1/s1. The molecule has 0 amide bonds. The number of hydrogen-bond acceptors (Lipinski definition) is 4. The molecule has 1 aliphatic rings. The number of ether oxygens (including phenoxy) is 2. The topological polar surface area (TPSA) is 18.5 Å². The highest BCUT2D eigenvalue weighted by molar-refractivity contribution is 8.17. The van der Waals surface area contributed by atoms with Crippen molar-refractivity contribution in [3.05, 3.63) is 0 Å². The van der Waals surface area contributed by atoms with Gasteiger partial charge < -0.3 is 9.47 Å². The van der Waals surface area contributed by atoms with Crippen LogP contribution in [-0.4, -0.2) is 42.5 Å². The van der Waals surface area contributed by atoms with Crippen molar-refractivity contribution in [2.24, 2.45) is 0 Å². The molecule has 0 spiro atoms. The molecule has 1 fully saturated rings. The third-order valence-corrected chi connectivity index (χ3v) is 7.17. The molecule has 21 heavy (non-hydrogen) atoms. The maximum atomic E-state index is 5.69. The van der Waals surface area contributed by atoms with Gasteiger partial charge in [-0.05, 0) is 43.6 Å². The first kappa shape index (κ1) is 19.7. The van der Waals surface area contributed by atoms with Gasteiger partial charge in [-0.2, -0.15) is 0 Å². The number of hydrogen-bond donors (Lipinski definition) is 0. The molecule has 1 aliphatic heterocycles. The Morgan fingerprint density at radius 2 is 1.52 bits per heavy atom. The van der Waals surface area contributed by atoms with Gasteiger partial charge in [0.25, 0.3) is 0 Å². The maximum Gasteiger partial charge on any atom is 0.0590 e. The van der Waals surface area contributed by atoms with E-state index in [1.165, 1.54) is 69.3 Å². The first-order valence-electron chi connectivity index (χ1n) is 8.59. The summed E-state index contributed by atoms with van der Waals surface area (Å²) in [7, 11) is 3.73. The van der Waals surface area contributed by atoms with E-state index in [-0.39, 0.29) is 0 Å². The van der Waals surface area contributed by atoms with Gasteiger partial charge in [0.15, 0.2) is 0 Å². The zero-order valence-electron chi connectivity index (χ0n) is 14.1. The van der Waals surface area contributed by atoms with Crippen LogP contribution < -0.4 is 0 Å². The molecule has 4 heteroatoms. The number of methoxy groups -OCH3 is 2. The normalized spacial score (nSPS) is 19.6. The van der Waals surface area contributed by atoms with Gasteiger partial charge in [-0.15, -0.1) is 23.5 Å². The van der Waals surface area contributed by atoms with Crippen LogP contribution in [0.1, 0.15) is 64.7 Å². The highest BCUT2D eigenvalue weighted by Crippen LogP contribution is 2.34. The summed E-state index contributed by atoms with van der Waals surface area (Å²) in [6.45, 7) is 2.23. The van der Waals surface area contributed by atoms with E-state index in [0.29, 0.717) is 12.2 Å². The van der Waals surface area contributed by atoms with Crippen LogP contribution in [-0.2, 0) is 9.47 Å². The lowest BCUT2D eigenvalue weighted by Gasteiger charge is -2.25. The van der Waals surface area contributed by atoms with E-state index in [1.54, 1.807) is 0 Å². The minimum Gasteiger partial charge on any atom is -0.381 e. The predicted molar refractivity (Wildman–Crippen MR) is 97.5 cm³/mol. The largest absolute Gasteiger partial charge is 0.381 e. The summed E-state index contributed by atoms with van der Waals surface area (Å²) in [6.07, 6.45) is 12.3. The van der Waals surface area contributed by atoms with Crippen LogP contribution in [0.15, 0.2) is 0 Å². The Hall–Kier alpha value is 0.620. The molecule has 2 nitrogen and oxygen atoms in total. The van der Waals surface area contributed by atoms with Crippen LogP contribution in [0.2, 0.25) is 0 Å². The Labute approximate surface area is 140 Å². The number of thioether (sulfide) groups is 2. The van der Waals surface area contributed by atoms with E-state index in [9.17, 15) is 0 Å². The second-order valence-corrected chi connectivity index (χ2v) is 8.82. The van der Waals surface area contributed by atoms with Crippen LogP contribution >= 0.6 is 23.5 Å². The molecule has 1 heterocycles. The van der Waals surface area contributed by atoms with Crippen molar-refractivity contribution in [2.75, 3.05) is 25.7 Å². The SMILES string of the molecule is CCC[C@H](CCCCC[C@H](CC1SCCCS1)OC)OC. The summed E-state index contributed by atoms with van der Waals surface area (Å²) in [6, 6.07) is 0. The monoisotopic (exact) mass is 334 g/mol. The minimum atomic E-state index is 0.460. The quantitative estimate of drug-likeness (QED) is 0.447. The summed E-state index contributed by atoms with van der Waals surface area (Å²) in [5, 5.41) is 0. The molecule has 0 aromatic carbocycles. The first-order valence-corrected chi connectivity index (χ1v) is 10.7. The van der Waals surface area contributed by atoms with E-state index in [2.05, 4.69) is 30.4 Å². The smallest absolute Gasteiger partial charge is 0.0590 e. The molecular weight excluding hydrogens is 300 g/mol. The summed E-state index contributed by atoms with van der Waals surface area (Å²) >= 11 is 4.26. The summed E-state index contributed by atoms with van der Waals surface area (Å²) < 4.78 is 12.0. The van der Waals surface area contributed by atoms with Crippen LogP contribution in [0.3, 0.4) is 0 Å². The number of unbranched alkanes of at least 4 members (excludes halogenated alkanes) is 2. The molecule has 0 saturated carbocycles. The second-order valence-electron chi connectivity index (χ2n) is 5.90. The molecule has 126 valence electrons. The van der Waals surface area contributed by atoms with Crippen LogP contribution in [0, 0.1) is 0 Å². The van der Waals surface area contributed by atoms with E-state index >= 15 is 0 Å². The van der Waals surface area contributed by atoms with Gasteiger partial charge in [-0.1, -0.05) is 32.6 Å². The Morgan fingerprint density at radius 1 is 0.905 bits per heavy atom. The third kappa shape index (κ3) is 9.37. The lowest BCUT2D eigenvalue weighted by atomic mass is 10.0. The Balaban J connectivity index is 2.05. The Morgan fingerprint density at radius 3 is 2.10 bits per heavy atom. The van der Waals surface area contributed by atoms with E-state index in [0.717, 1.165) is 4.58 Å². The second kappa shape index (κ2) is 13.1. The molecule has 2 atom stereocenters. The maximum absolute atomic E-state index is 5.69.